The lowest BCUT2D eigenvalue weighted by atomic mass is 9.88. The predicted octanol–water partition coefficient (Wildman–Crippen LogP) is 3.02. The summed E-state index contributed by atoms with van der Waals surface area (Å²) in [7, 11) is 1.77. The van der Waals surface area contributed by atoms with Crippen LogP contribution in [-0.2, 0) is 9.59 Å². The molecule has 1 unspecified atom stereocenters. The minimum atomic E-state index is -0.416. The number of hydrogen-bond donors (Lipinski definition) is 0. The number of aromatic nitrogens is 1. The van der Waals surface area contributed by atoms with E-state index in [0.717, 1.165) is 35.3 Å². The Morgan fingerprint density at radius 2 is 1.83 bits per heavy atom. The van der Waals surface area contributed by atoms with E-state index in [4.69, 9.17) is 4.42 Å². The first-order chi connectivity index (χ1) is 14.6. The quantitative estimate of drug-likeness (QED) is 0.657. The zero-order chi connectivity index (χ0) is 20.7. The van der Waals surface area contributed by atoms with Crippen molar-refractivity contribution in [3.8, 4) is 0 Å². The molecule has 2 aromatic carbocycles. The standard InChI is InChI=1S/C23H24N4O3/c1-25-19-9-4-2-7-16(19)17(15-21(25)28)22(29)26-11-6-12-27(14-13-26)23-24-18-8-3-5-10-20(18)30-23/h2-5,7-10,17H,6,11-15H2,1H3. The second-order valence-corrected chi connectivity index (χ2v) is 7.90. The Hall–Kier alpha value is -3.35. The maximum absolute atomic E-state index is 13.4. The van der Waals surface area contributed by atoms with E-state index >= 15 is 0 Å². The molecule has 2 amide bonds. The van der Waals surface area contributed by atoms with Gasteiger partial charge in [0.25, 0.3) is 6.01 Å². The number of hydrogen-bond acceptors (Lipinski definition) is 5. The van der Waals surface area contributed by atoms with Crippen LogP contribution in [0.15, 0.2) is 52.9 Å². The molecule has 2 aliphatic rings. The van der Waals surface area contributed by atoms with Gasteiger partial charge < -0.3 is 19.1 Å². The van der Waals surface area contributed by atoms with Crippen molar-refractivity contribution < 1.29 is 14.0 Å². The first-order valence-corrected chi connectivity index (χ1v) is 10.4. The maximum atomic E-state index is 13.4. The van der Waals surface area contributed by atoms with E-state index in [1.54, 1.807) is 11.9 Å². The van der Waals surface area contributed by atoms with Crippen molar-refractivity contribution in [1.29, 1.82) is 0 Å². The van der Waals surface area contributed by atoms with E-state index in [9.17, 15) is 9.59 Å². The van der Waals surface area contributed by atoms with E-state index < -0.39 is 5.92 Å². The van der Waals surface area contributed by atoms with Gasteiger partial charge in [0, 0.05) is 45.3 Å². The molecule has 2 aliphatic heterocycles. The first-order valence-electron chi connectivity index (χ1n) is 10.4. The number of carbonyl (C=O) groups excluding carboxylic acids is 2. The van der Waals surface area contributed by atoms with Gasteiger partial charge in [-0.1, -0.05) is 30.3 Å². The summed E-state index contributed by atoms with van der Waals surface area (Å²) in [5, 5.41) is 0. The number of carbonyl (C=O) groups is 2. The van der Waals surface area contributed by atoms with Crippen molar-refractivity contribution >= 4 is 34.6 Å². The monoisotopic (exact) mass is 404 g/mol. The molecule has 0 saturated carbocycles. The summed E-state index contributed by atoms with van der Waals surface area (Å²) in [4.78, 5) is 36.1. The van der Waals surface area contributed by atoms with Gasteiger partial charge in [-0.2, -0.15) is 4.98 Å². The van der Waals surface area contributed by atoms with Crippen LogP contribution >= 0.6 is 0 Å². The van der Waals surface area contributed by atoms with Crippen LogP contribution in [0, 0.1) is 0 Å². The Morgan fingerprint density at radius 3 is 2.70 bits per heavy atom. The zero-order valence-corrected chi connectivity index (χ0v) is 17.0. The van der Waals surface area contributed by atoms with Gasteiger partial charge in [0.15, 0.2) is 5.58 Å². The smallest absolute Gasteiger partial charge is 0.298 e. The van der Waals surface area contributed by atoms with Crippen LogP contribution < -0.4 is 9.80 Å². The molecule has 1 saturated heterocycles. The second kappa shape index (κ2) is 7.48. The molecule has 5 rings (SSSR count). The molecule has 7 heteroatoms. The van der Waals surface area contributed by atoms with Crippen molar-refractivity contribution in [3.05, 3.63) is 54.1 Å². The summed E-state index contributed by atoms with van der Waals surface area (Å²) in [5.74, 6) is -0.404. The molecule has 3 heterocycles. The molecule has 0 radical (unpaired) electrons. The first kappa shape index (κ1) is 18.7. The van der Waals surface area contributed by atoms with Crippen molar-refractivity contribution in [2.75, 3.05) is 43.0 Å². The van der Waals surface area contributed by atoms with Gasteiger partial charge in [0.1, 0.15) is 5.52 Å². The molecule has 0 spiro atoms. The summed E-state index contributed by atoms with van der Waals surface area (Å²) in [5.41, 5.74) is 3.37. The van der Waals surface area contributed by atoms with E-state index in [1.165, 1.54) is 0 Å². The molecule has 3 aromatic rings. The normalized spacial score (nSPS) is 19.7. The maximum Gasteiger partial charge on any atom is 0.298 e. The fourth-order valence-corrected chi connectivity index (χ4v) is 4.41. The van der Waals surface area contributed by atoms with E-state index in [0.29, 0.717) is 25.6 Å². The van der Waals surface area contributed by atoms with Crippen molar-refractivity contribution in [1.82, 2.24) is 9.88 Å². The molecule has 0 N–H and O–H groups in total. The van der Waals surface area contributed by atoms with E-state index in [-0.39, 0.29) is 18.2 Å². The highest BCUT2D eigenvalue weighted by Crippen LogP contribution is 2.36. The molecule has 1 atom stereocenters. The molecule has 0 aliphatic carbocycles. The summed E-state index contributed by atoms with van der Waals surface area (Å²) in [6.45, 7) is 2.68. The van der Waals surface area contributed by atoms with Gasteiger partial charge in [-0.05, 0) is 30.2 Å². The topological polar surface area (TPSA) is 69.9 Å². The van der Waals surface area contributed by atoms with Gasteiger partial charge >= 0.3 is 0 Å². The molecule has 0 bridgehead atoms. The molecule has 154 valence electrons. The van der Waals surface area contributed by atoms with Gasteiger partial charge in [-0.25, -0.2) is 0 Å². The summed E-state index contributed by atoms with van der Waals surface area (Å²) in [6.07, 6.45) is 1.05. The third-order valence-corrected chi connectivity index (χ3v) is 6.09. The Kier molecular flexibility index (Phi) is 4.65. The van der Waals surface area contributed by atoms with Crippen molar-refractivity contribution in [3.63, 3.8) is 0 Å². The number of amides is 2. The minimum Gasteiger partial charge on any atom is -0.423 e. The Morgan fingerprint density at radius 1 is 1.03 bits per heavy atom. The lowest BCUT2D eigenvalue weighted by molar-refractivity contribution is -0.135. The van der Waals surface area contributed by atoms with Gasteiger partial charge in [-0.3, -0.25) is 9.59 Å². The SMILES string of the molecule is CN1C(=O)CC(C(=O)N2CCCN(c3nc4ccccc4o3)CC2)c2ccccc21. The highest BCUT2D eigenvalue weighted by Gasteiger charge is 2.36. The van der Waals surface area contributed by atoms with Crippen LogP contribution in [0.25, 0.3) is 11.1 Å². The number of fused-ring (bicyclic) bond motifs is 2. The Balaban J connectivity index is 1.34. The van der Waals surface area contributed by atoms with Gasteiger partial charge in [-0.15, -0.1) is 0 Å². The van der Waals surface area contributed by atoms with Crippen LogP contribution in [0.3, 0.4) is 0 Å². The Labute approximate surface area is 174 Å². The van der Waals surface area contributed by atoms with Crippen LogP contribution in [0.5, 0.6) is 0 Å². The highest BCUT2D eigenvalue weighted by molar-refractivity contribution is 6.02. The van der Waals surface area contributed by atoms with Crippen LogP contribution in [0.2, 0.25) is 0 Å². The lowest BCUT2D eigenvalue weighted by Gasteiger charge is -2.33. The number of nitrogens with zero attached hydrogens (tertiary/aromatic N) is 4. The number of benzene rings is 2. The summed E-state index contributed by atoms with van der Waals surface area (Å²) >= 11 is 0. The molecule has 7 nitrogen and oxygen atoms in total. The second-order valence-electron chi connectivity index (χ2n) is 7.90. The van der Waals surface area contributed by atoms with Crippen LogP contribution in [0.4, 0.5) is 11.7 Å². The summed E-state index contributed by atoms with van der Waals surface area (Å²) in [6, 6.07) is 16.0. The molecular weight excluding hydrogens is 380 g/mol. The number of oxazole rings is 1. The third-order valence-electron chi connectivity index (χ3n) is 6.09. The fraction of sp³-hybridized carbons (Fsp3) is 0.348. The number of para-hydroxylation sites is 3. The van der Waals surface area contributed by atoms with Crippen LogP contribution in [0.1, 0.15) is 24.3 Å². The predicted molar refractivity (Wildman–Crippen MR) is 115 cm³/mol. The average Bonchev–Trinajstić information content (AvgIpc) is 3.05. The zero-order valence-electron chi connectivity index (χ0n) is 17.0. The van der Waals surface area contributed by atoms with Crippen molar-refractivity contribution in [2.24, 2.45) is 0 Å². The molecular formula is C23H24N4O3. The number of rotatable bonds is 2. The lowest BCUT2D eigenvalue weighted by Crippen LogP contribution is -2.42. The minimum absolute atomic E-state index is 0.0185. The molecule has 30 heavy (non-hydrogen) atoms. The molecule has 1 aromatic heterocycles. The van der Waals surface area contributed by atoms with Crippen LogP contribution in [-0.4, -0.2) is 54.9 Å². The van der Waals surface area contributed by atoms with Crippen molar-refractivity contribution in [2.45, 2.75) is 18.8 Å². The average molecular weight is 404 g/mol. The highest BCUT2D eigenvalue weighted by atomic mass is 16.4. The molecule has 1 fully saturated rings. The third kappa shape index (κ3) is 3.20. The largest absolute Gasteiger partial charge is 0.423 e. The number of anilines is 2. The fourth-order valence-electron chi connectivity index (χ4n) is 4.41. The van der Waals surface area contributed by atoms with E-state index in [1.807, 2.05) is 53.4 Å². The Bertz CT molecular complexity index is 1080. The van der Waals surface area contributed by atoms with E-state index in [2.05, 4.69) is 9.88 Å². The summed E-state index contributed by atoms with van der Waals surface area (Å²) < 4.78 is 5.91. The van der Waals surface area contributed by atoms with Gasteiger partial charge in [0.05, 0.1) is 5.92 Å². The van der Waals surface area contributed by atoms with Gasteiger partial charge in [0.2, 0.25) is 11.8 Å².